The van der Waals surface area contributed by atoms with E-state index in [0.29, 0.717) is 0 Å². The Hall–Kier alpha value is -3.08. The Kier molecular flexibility index (Phi) is 6.84. The van der Waals surface area contributed by atoms with Crippen molar-refractivity contribution in [3.8, 4) is 0 Å². The Balaban J connectivity index is 1.54. The molecule has 1 aromatic carbocycles. The summed E-state index contributed by atoms with van der Waals surface area (Å²) in [6.07, 6.45) is -2.06. The minimum atomic E-state index is -4.34. The van der Waals surface area contributed by atoms with Gasteiger partial charge in [-0.25, -0.2) is 4.99 Å². The van der Waals surface area contributed by atoms with Gasteiger partial charge in [-0.15, -0.1) is 0 Å². The van der Waals surface area contributed by atoms with Crippen LogP contribution in [0.2, 0.25) is 0 Å². The molecule has 3 rings (SSSR count). The fourth-order valence-corrected chi connectivity index (χ4v) is 3.05. The molecule has 11 heteroatoms. The number of allylic oxidation sites excluding steroid dienone is 1. The summed E-state index contributed by atoms with van der Waals surface area (Å²) in [6.45, 7) is -0.565. The molecule has 1 aromatic heterocycles. The number of hydrogen-bond donors (Lipinski definition) is 2. The smallest absolute Gasteiger partial charge is 0.397 e. The molecule has 1 aliphatic rings. The second kappa shape index (κ2) is 9.38. The fourth-order valence-electron chi connectivity index (χ4n) is 2.43. The van der Waals surface area contributed by atoms with Gasteiger partial charge in [0.2, 0.25) is 5.95 Å². The van der Waals surface area contributed by atoms with Crippen molar-refractivity contribution < 1.29 is 27.1 Å². The van der Waals surface area contributed by atoms with Crippen molar-refractivity contribution in [2.75, 3.05) is 6.61 Å². The molecule has 3 N–H and O–H groups in total. The molecular weight excluding hydrogens is 436 g/mol. The molecule has 6 nitrogen and oxygen atoms in total. The first-order valence-corrected chi connectivity index (χ1v) is 9.90. The zero-order chi connectivity index (χ0) is 22.5. The van der Waals surface area contributed by atoms with E-state index in [9.17, 15) is 22.4 Å². The maximum Gasteiger partial charge on any atom is 0.397 e. The largest absolute Gasteiger partial charge is 0.478 e. The van der Waals surface area contributed by atoms with Gasteiger partial charge in [-0.3, -0.25) is 9.52 Å². The van der Waals surface area contributed by atoms with Crippen LogP contribution in [0.15, 0.2) is 64.3 Å². The van der Waals surface area contributed by atoms with Crippen LogP contribution in [0.4, 0.5) is 23.4 Å². The van der Waals surface area contributed by atoms with Crippen molar-refractivity contribution in [3.63, 3.8) is 0 Å². The third-order valence-corrected chi connectivity index (χ3v) is 5.29. The first-order valence-electron chi connectivity index (χ1n) is 9.08. The lowest BCUT2D eigenvalue weighted by Gasteiger charge is -2.19. The average molecular weight is 454 g/mol. The minimum absolute atomic E-state index is 0.00481. The second-order valence-corrected chi connectivity index (χ2v) is 7.65. The highest BCUT2D eigenvalue weighted by molar-refractivity contribution is 7.98. The molecule has 31 heavy (non-hydrogen) atoms. The number of pyridine rings is 1. The maximum atomic E-state index is 14.2. The van der Waals surface area contributed by atoms with Crippen LogP contribution < -0.4 is 10.5 Å². The molecular formula is C20H18F4N4O2S. The maximum absolute atomic E-state index is 14.2. The second-order valence-electron chi connectivity index (χ2n) is 6.77. The number of aliphatic imine (C=N–C) groups is 1. The molecule has 0 spiro atoms. The minimum Gasteiger partial charge on any atom is -0.478 e. The van der Waals surface area contributed by atoms with E-state index in [-0.39, 0.29) is 30.1 Å². The van der Waals surface area contributed by atoms with Crippen LogP contribution in [0.3, 0.4) is 0 Å². The van der Waals surface area contributed by atoms with Gasteiger partial charge < -0.3 is 10.5 Å². The van der Waals surface area contributed by atoms with E-state index >= 15 is 0 Å². The Morgan fingerprint density at radius 1 is 1.26 bits per heavy atom. The summed E-state index contributed by atoms with van der Waals surface area (Å²) in [6, 6.07) is 11.5. The Bertz CT molecular complexity index is 992. The number of aromatic nitrogens is 1. The number of rotatable bonds is 8. The van der Waals surface area contributed by atoms with E-state index in [4.69, 9.17) is 10.5 Å². The number of nitrogens with zero attached hydrogens (tertiary/aromatic N) is 2. The van der Waals surface area contributed by atoms with Gasteiger partial charge in [0.15, 0.2) is 11.7 Å². The molecule has 2 aromatic rings. The van der Waals surface area contributed by atoms with Gasteiger partial charge in [-0.1, -0.05) is 18.2 Å². The normalized spacial score (nSPS) is 15.7. The van der Waals surface area contributed by atoms with Gasteiger partial charge in [0.05, 0.1) is 5.56 Å². The highest BCUT2D eigenvalue weighted by Gasteiger charge is 2.63. The summed E-state index contributed by atoms with van der Waals surface area (Å²) in [5, 5.41) is 0. The van der Waals surface area contributed by atoms with Crippen molar-refractivity contribution in [2.24, 2.45) is 16.1 Å². The van der Waals surface area contributed by atoms with Crippen LogP contribution in [0, 0.1) is 11.4 Å². The lowest BCUT2D eigenvalue weighted by atomic mass is 10.1. The fraction of sp³-hybridized carbons (Fsp3) is 0.250. The monoisotopic (exact) mass is 454 g/mol. The molecule has 1 fully saturated rings. The summed E-state index contributed by atoms with van der Waals surface area (Å²) in [4.78, 5) is 20.3. The lowest BCUT2D eigenvalue weighted by Crippen LogP contribution is -2.29. The van der Waals surface area contributed by atoms with Crippen LogP contribution in [-0.4, -0.2) is 29.9 Å². The third-order valence-electron chi connectivity index (χ3n) is 4.50. The van der Waals surface area contributed by atoms with Gasteiger partial charge in [-0.2, -0.15) is 22.5 Å². The first kappa shape index (κ1) is 22.6. The van der Waals surface area contributed by atoms with Crippen molar-refractivity contribution in [1.82, 2.24) is 9.71 Å². The summed E-state index contributed by atoms with van der Waals surface area (Å²) in [5.41, 5.74) is 3.43. The van der Waals surface area contributed by atoms with Crippen LogP contribution in [0.1, 0.15) is 23.2 Å². The molecule has 1 amide bonds. The molecule has 0 radical (unpaired) electrons. The van der Waals surface area contributed by atoms with Gasteiger partial charge in [0, 0.05) is 17.2 Å². The first-order chi connectivity index (χ1) is 14.7. The average Bonchev–Trinajstić information content (AvgIpc) is 3.53. The summed E-state index contributed by atoms with van der Waals surface area (Å²) < 4.78 is 60.1. The molecule has 1 saturated carbocycles. The standard InChI is InChI=1S/C20H18F4N4O2S/c21-17-14(18(29)28-31-13-4-2-1-3-5-13)6-7-16(27-17)26-11-8-15(25)30-12-19(9-10-19)20(22,23)24/h1-8,11H,9-10,12,25H2,(H,28,29). The van der Waals surface area contributed by atoms with E-state index in [1.54, 1.807) is 24.3 Å². The summed E-state index contributed by atoms with van der Waals surface area (Å²) >= 11 is 1.04. The summed E-state index contributed by atoms with van der Waals surface area (Å²) in [7, 11) is 0. The number of carbonyl (C=O) groups is 1. The van der Waals surface area contributed by atoms with Crippen LogP contribution >= 0.6 is 11.9 Å². The number of hydrogen-bond acceptors (Lipinski definition) is 6. The molecule has 0 aliphatic heterocycles. The third kappa shape index (κ3) is 5.97. The van der Waals surface area contributed by atoms with E-state index in [2.05, 4.69) is 14.7 Å². The number of amides is 1. The number of ether oxygens (including phenoxy) is 1. The number of nitrogens with two attached hydrogens (primary N) is 1. The number of benzene rings is 1. The van der Waals surface area contributed by atoms with Gasteiger partial charge >= 0.3 is 6.18 Å². The SMILES string of the molecule is NC(=CC=Nc1ccc(C(=O)NSc2ccccc2)c(F)n1)OCC1(C(F)(F)F)CC1. The molecule has 1 heterocycles. The zero-order valence-corrected chi connectivity index (χ0v) is 16.8. The van der Waals surface area contributed by atoms with E-state index in [1.165, 1.54) is 12.1 Å². The molecule has 0 atom stereocenters. The van der Waals surface area contributed by atoms with E-state index in [0.717, 1.165) is 29.1 Å². The lowest BCUT2D eigenvalue weighted by molar-refractivity contribution is -0.198. The number of carbonyl (C=O) groups excluding carboxylic acids is 1. The Morgan fingerprint density at radius 2 is 1.97 bits per heavy atom. The van der Waals surface area contributed by atoms with Crippen molar-refractivity contribution >= 4 is 29.9 Å². The predicted molar refractivity (Wildman–Crippen MR) is 108 cm³/mol. The number of nitrogens with one attached hydrogen (secondary N) is 1. The molecule has 1 aliphatic carbocycles. The van der Waals surface area contributed by atoms with E-state index < -0.39 is 30.1 Å². The van der Waals surface area contributed by atoms with Gasteiger partial charge in [0.1, 0.15) is 12.0 Å². The molecule has 0 saturated heterocycles. The summed E-state index contributed by atoms with van der Waals surface area (Å²) in [5.74, 6) is -1.99. The van der Waals surface area contributed by atoms with Gasteiger partial charge in [-0.05, 0) is 49.1 Å². The molecule has 0 bridgehead atoms. The predicted octanol–water partition coefficient (Wildman–Crippen LogP) is 4.52. The van der Waals surface area contributed by atoms with Crippen molar-refractivity contribution in [1.29, 1.82) is 0 Å². The van der Waals surface area contributed by atoms with Crippen LogP contribution in [-0.2, 0) is 4.74 Å². The molecule has 0 unspecified atom stereocenters. The quantitative estimate of drug-likeness (QED) is 0.201. The number of halogens is 4. The highest BCUT2D eigenvalue weighted by Crippen LogP contribution is 2.57. The van der Waals surface area contributed by atoms with Gasteiger partial charge in [0.25, 0.3) is 5.91 Å². The highest BCUT2D eigenvalue weighted by atomic mass is 32.2. The Morgan fingerprint density at radius 3 is 2.58 bits per heavy atom. The Labute approximate surface area is 179 Å². The number of alkyl halides is 3. The van der Waals surface area contributed by atoms with E-state index in [1.807, 2.05) is 6.07 Å². The van der Waals surface area contributed by atoms with Crippen molar-refractivity contribution in [2.45, 2.75) is 23.9 Å². The molecule has 164 valence electrons. The van der Waals surface area contributed by atoms with Crippen molar-refractivity contribution in [3.05, 3.63) is 65.9 Å². The van der Waals surface area contributed by atoms with Crippen LogP contribution in [0.25, 0.3) is 0 Å². The zero-order valence-electron chi connectivity index (χ0n) is 16.0. The van der Waals surface area contributed by atoms with Crippen LogP contribution in [0.5, 0.6) is 0 Å². The topological polar surface area (TPSA) is 89.6 Å².